The first-order valence-corrected chi connectivity index (χ1v) is 9.31. The van der Waals surface area contributed by atoms with Gasteiger partial charge in [-0.05, 0) is 43.2 Å². The molecule has 0 aliphatic carbocycles. The van der Waals surface area contributed by atoms with Crippen molar-refractivity contribution in [3.05, 3.63) is 80.6 Å². The summed E-state index contributed by atoms with van der Waals surface area (Å²) in [5.74, 6) is -1.23. The number of rotatable bonds is 4. The Bertz CT molecular complexity index is 1390. The lowest BCUT2D eigenvalue weighted by Crippen LogP contribution is -2.43. The van der Waals surface area contributed by atoms with Gasteiger partial charge < -0.3 is 9.67 Å². The van der Waals surface area contributed by atoms with E-state index >= 15 is 0 Å². The van der Waals surface area contributed by atoms with E-state index in [4.69, 9.17) is 0 Å². The fourth-order valence-electron chi connectivity index (χ4n) is 3.97. The first-order chi connectivity index (χ1) is 13.8. The van der Waals surface area contributed by atoms with Crippen LogP contribution in [0.25, 0.3) is 21.8 Å². The fourth-order valence-corrected chi connectivity index (χ4v) is 3.97. The Balaban J connectivity index is 2.04. The van der Waals surface area contributed by atoms with E-state index in [0.717, 1.165) is 26.6 Å². The van der Waals surface area contributed by atoms with Gasteiger partial charge in [0.2, 0.25) is 0 Å². The van der Waals surface area contributed by atoms with Crippen molar-refractivity contribution in [2.75, 3.05) is 0 Å². The second-order valence-corrected chi connectivity index (χ2v) is 7.31. The average molecular weight is 391 g/mol. The number of benzene rings is 2. The molecule has 4 rings (SSSR count). The predicted molar refractivity (Wildman–Crippen MR) is 112 cm³/mol. The Labute approximate surface area is 166 Å². The molecule has 0 bridgehead atoms. The smallest absolute Gasteiger partial charge is 0.332 e. The van der Waals surface area contributed by atoms with Gasteiger partial charge in [-0.25, -0.2) is 14.2 Å². The molecule has 7 nitrogen and oxygen atoms in total. The minimum absolute atomic E-state index is 0.230. The maximum Gasteiger partial charge on any atom is 0.332 e. The van der Waals surface area contributed by atoms with Crippen molar-refractivity contribution < 1.29 is 9.90 Å². The highest BCUT2D eigenvalue weighted by molar-refractivity contribution is 5.87. The number of aryl methyl sites for hydroxylation is 2. The molecule has 0 aliphatic rings. The highest BCUT2D eigenvalue weighted by Gasteiger charge is 2.22. The fraction of sp³-hybridized carbons (Fsp3) is 0.227. The Morgan fingerprint density at radius 3 is 2.48 bits per heavy atom. The molecule has 0 spiro atoms. The third kappa shape index (κ3) is 2.86. The van der Waals surface area contributed by atoms with E-state index in [1.54, 1.807) is 24.3 Å². The molecule has 0 saturated carbocycles. The Hall–Kier alpha value is -3.61. The molecule has 0 amide bonds. The molecule has 0 unspecified atom stereocenters. The first-order valence-electron chi connectivity index (χ1n) is 9.31. The van der Waals surface area contributed by atoms with Gasteiger partial charge in [0.15, 0.2) is 0 Å². The summed E-state index contributed by atoms with van der Waals surface area (Å²) >= 11 is 0. The molecule has 0 saturated heterocycles. The van der Waals surface area contributed by atoms with Gasteiger partial charge >= 0.3 is 11.7 Å². The van der Waals surface area contributed by atoms with Crippen LogP contribution < -0.4 is 11.2 Å². The number of para-hydroxylation sites is 1. The molecule has 7 heteroatoms. The SMILES string of the molecule is Cc1cccc2c1c(Cn1c(=O)n([C@@H](C)C(=O)O)c(=O)c3ccccc31)cn2C. The molecule has 1 atom stereocenters. The topological polar surface area (TPSA) is 86.2 Å². The summed E-state index contributed by atoms with van der Waals surface area (Å²) in [7, 11) is 1.94. The lowest BCUT2D eigenvalue weighted by atomic mass is 10.1. The molecular weight excluding hydrogens is 370 g/mol. The molecule has 2 aromatic heterocycles. The van der Waals surface area contributed by atoms with Gasteiger partial charge in [-0.3, -0.25) is 9.36 Å². The van der Waals surface area contributed by atoms with E-state index in [1.165, 1.54) is 11.5 Å². The van der Waals surface area contributed by atoms with Crippen LogP contribution in [0.3, 0.4) is 0 Å². The largest absolute Gasteiger partial charge is 0.480 e. The number of aliphatic carboxylic acids is 1. The standard InChI is InChI=1S/C22H21N3O4/c1-13-7-6-10-18-19(13)15(11-23(18)3)12-24-17-9-5-4-8-16(17)20(26)25(22(24)29)14(2)21(27)28/h4-11,14H,12H2,1-3H3,(H,27,28)/t14-/m0/s1. The van der Waals surface area contributed by atoms with Gasteiger partial charge in [-0.15, -0.1) is 0 Å². The second kappa shape index (κ2) is 6.77. The van der Waals surface area contributed by atoms with Crippen molar-refractivity contribution in [1.29, 1.82) is 0 Å². The Kier molecular flexibility index (Phi) is 4.38. The number of fused-ring (bicyclic) bond motifs is 2. The van der Waals surface area contributed by atoms with Crippen molar-refractivity contribution in [2.24, 2.45) is 7.05 Å². The van der Waals surface area contributed by atoms with Crippen LogP contribution in [0, 0.1) is 6.92 Å². The van der Waals surface area contributed by atoms with Crippen LogP contribution in [0.4, 0.5) is 0 Å². The molecule has 0 aliphatic heterocycles. The quantitative estimate of drug-likeness (QED) is 0.579. The summed E-state index contributed by atoms with van der Waals surface area (Å²) in [6.45, 7) is 3.58. The monoisotopic (exact) mass is 391 g/mol. The van der Waals surface area contributed by atoms with Crippen LogP contribution in [0.15, 0.2) is 58.3 Å². The van der Waals surface area contributed by atoms with Gasteiger partial charge in [0.05, 0.1) is 17.4 Å². The van der Waals surface area contributed by atoms with Crippen molar-refractivity contribution in [3.8, 4) is 0 Å². The molecule has 148 valence electrons. The van der Waals surface area contributed by atoms with Crippen LogP contribution in [-0.2, 0) is 18.4 Å². The van der Waals surface area contributed by atoms with Crippen LogP contribution in [0.2, 0.25) is 0 Å². The van der Waals surface area contributed by atoms with Gasteiger partial charge in [0.1, 0.15) is 6.04 Å². The van der Waals surface area contributed by atoms with Crippen molar-refractivity contribution in [3.63, 3.8) is 0 Å². The zero-order chi connectivity index (χ0) is 20.9. The van der Waals surface area contributed by atoms with Gasteiger partial charge in [-0.1, -0.05) is 24.3 Å². The summed E-state index contributed by atoms with van der Waals surface area (Å²) in [5.41, 5.74) is 2.33. The Morgan fingerprint density at radius 1 is 1.07 bits per heavy atom. The third-order valence-corrected chi connectivity index (χ3v) is 5.46. The lowest BCUT2D eigenvalue weighted by molar-refractivity contribution is -0.140. The van der Waals surface area contributed by atoms with E-state index in [9.17, 15) is 19.5 Å². The number of aromatic nitrogens is 3. The van der Waals surface area contributed by atoms with Crippen LogP contribution in [-0.4, -0.2) is 24.8 Å². The molecule has 0 radical (unpaired) electrons. The average Bonchev–Trinajstić information content (AvgIpc) is 3.02. The van der Waals surface area contributed by atoms with E-state index in [1.807, 2.05) is 42.9 Å². The third-order valence-electron chi connectivity index (χ3n) is 5.46. The number of hydrogen-bond acceptors (Lipinski definition) is 3. The molecule has 29 heavy (non-hydrogen) atoms. The van der Waals surface area contributed by atoms with E-state index < -0.39 is 23.3 Å². The summed E-state index contributed by atoms with van der Waals surface area (Å²) in [4.78, 5) is 37.6. The molecule has 1 N–H and O–H groups in total. The molecule has 2 aromatic carbocycles. The van der Waals surface area contributed by atoms with E-state index in [-0.39, 0.29) is 6.54 Å². The lowest BCUT2D eigenvalue weighted by Gasteiger charge is -2.16. The van der Waals surface area contributed by atoms with Crippen molar-refractivity contribution >= 4 is 27.8 Å². The summed E-state index contributed by atoms with van der Waals surface area (Å²) in [6, 6.07) is 11.5. The molecule has 2 heterocycles. The van der Waals surface area contributed by atoms with E-state index in [2.05, 4.69) is 0 Å². The summed E-state index contributed by atoms with van der Waals surface area (Å²) in [5, 5.41) is 10.8. The van der Waals surface area contributed by atoms with Gasteiger partial charge in [0.25, 0.3) is 5.56 Å². The normalized spacial score (nSPS) is 12.5. The number of carbonyl (C=O) groups is 1. The van der Waals surface area contributed by atoms with Crippen LogP contribution >= 0.6 is 0 Å². The number of nitrogens with zero attached hydrogens (tertiary/aromatic N) is 3. The number of carboxylic acids is 1. The zero-order valence-electron chi connectivity index (χ0n) is 16.4. The van der Waals surface area contributed by atoms with Gasteiger partial charge in [-0.2, -0.15) is 0 Å². The molecular formula is C22H21N3O4. The Morgan fingerprint density at radius 2 is 1.76 bits per heavy atom. The van der Waals surface area contributed by atoms with Gasteiger partial charge in [0, 0.05) is 24.1 Å². The highest BCUT2D eigenvalue weighted by Crippen LogP contribution is 2.25. The van der Waals surface area contributed by atoms with Crippen molar-refractivity contribution in [1.82, 2.24) is 13.7 Å². The van der Waals surface area contributed by atoms with E-state index in [0.29, 0.717) is 10.9 Å². The zero-order valence-corrected chi connectivity index (χ0v) is 16.4. The predicted octanol–water partition coefficient (Wildman–Crippen LogP) is 2.66. The molecule has 4 aromatic rings. The molecule has 0 fully saturated rings. The van der Waals surface area contributed by atoms with Crippen LogP contribution in [0.1, 0.15) is 24.1 Å². The first kappa shape index (κ1) is 18.7. The van der Waals surface area contributed by atoms with Crippen LogP contribution in [0.5, 0.6) is 0 Å². The summed E-state index contributed by atoms with van der Waals surface area (Å²) in [6.07, 6.45) is 1.97. The summed E-state index contributed by atoms with van der Waals surface area (Å²) < 4.78 is 4.31. The highest BCUT2D eigenvalue weighted by atomic mass is 16.4. The minimum atomic E-state index is -1.26. The second-order valence-electron chi connectivity index (χ2n) is 7.31. The number of carboxylic acid groups (broad SMARTS) is 1. The maximum atomic E-state index is 13.2. The number of hydrogen-bond donors (Lipinski definition) is 1. The minimum Gasteiger partial charge on any atom is -0.480 e. The van der Waals surface area contributed by atoms with Crippen molar-refractivity contribution in [2.45, 2.75) is 26.4 Å². The maximum absolute atomic E-state index is 13.2.